The molecule has 0 spiro atoms. The molecule has 28 heavy (non-hydrogen) atoms. The van der Waals surface area contributed by atoms with Crippen molar-refractivity contribution in [1.82, 2.24) is 5.32 Å². The van der Waals surface area contributed by atoms with Gasteiger partial charge in [0.25, 0.3) is 5.91 Å². The van der Waals surface area contributed by atoms with Gasteiger partial charge in [-0.15, -0.1) is 0 Å². The van der Waals surface area contributed by atoms with Crippen molar-refractivity contribution in [2.24, 2.45) is 0 Å². The molecule has 1 amide bonds. The van der Waals surface area contributed by atoms with E-state index in [2.05, 4.69) is 5.32 Å². The summed E-state index contributed by atoms with van der Waals surface area (Å²) in [5.41, 5.74) is 0.764. The van der Waals surface area contributed by atoms with Gasteiger partial charge in [-0.1, -0.05) is 6.07 Å². The van der Waals surface area contributed by atoms with Crippen LogP contribution in [0.1, 0.15) is 22.8 Å². The minimum atomic E-state index is -1.06. The number of carbonyl (C=O) groups excluding carboxylic acids is 2. The standard InChI is InChI=1S/C20H22FNO6/c1-12(28-20(24)14-6-8-16(25-2)15(21)10-14)19(23)22-11-13-5-7-17(26-3)18(9-13)27-4/h5-10,12H,11H2,1-4H3,(H,22,23)/t12-/m1/s1. The first-order valence-electron chi connectivity index (χ1n) is 8.42. The second-order valence-electron chi connectivity index (χ2n) is 5.80. The highest BCUT2D eigenvalue weighted by Gasteiger charge is 2.20. The Hall–Kier alpha value is -3.29. The Kier molecular flexibility index (Phi) is 7.20. The predicted molar refractivity (Wildman–Crippen MR) is 99.2 cm³/mol. The Morgan fingerprint density at radius 2 is 1.61 bits per heavy atom. The van der Waals surface area contributed by atoms with Crippen molar-refractivity contribution >= 4 is 11.9 Å². The van der Waals surface area contributed by atoms with Gasteiger partial charge in [0.1, 0.15) is 0 Å². The number of nitrogens with one attached hydrogen (secondary N) is 1. The van der Waals surface area contributed by atoms with Crippen molar-refractivity contribution in [3.63, 3.8) is 0 Å². The van der Waals surface area contributed by atoms with Gasteiger partial charge in [-0.2, -0.15) is 0 Å². The monoisotopic (exact) mass is 391 g/mol. The van der Waals surface area contributed by atoms with E-state index >= 15 is 0 Å². The Morgan fingerprint density at radius 1 is 0.964 bits per heavy atom. The lowest BCUT2D eigenvalue weighted by Crippen LogP contribution is -2.35. The molecule has 0 fully saturated rings. The van der Waals surface area contributed by atoms with Gasteiger partial charge in [0.15, 0.2) is 29.2 Å². The van der Waals surface area contributed by atoms with Gasteiger partial charge in [-0.3, -0.25) is 4.79 Å². The van der Waals surface area contributed by atoms with Crippen LogP contribution in [0.3, 0.4) is 0 Å². The number of ether oxygens (including phenoxy) is 4. The van der Waals surface area contributed by atoms with Crippen molar-refractivity contribution in [3.8, 4) is 17.2 Å². The maximum Gasteiger partial charge on any atom is 0.339 e. The maximum atomic E-state index is 13.7. The van der Waals surface area contributed by atoms with E-state index in [-0.39, 0.29) is 17.9 Å². The molecule has 7 nitrogen and oxygen atoms in total. The SMILES string of the molecule is COc1ccc(C(=O)O[C@H](C)C(=O)NCc2ccc(OC)c(OC)c2)cc1F. The predicted octanol–water partition coefficient (Wildman–Crippen LogP) is 2.71. The zero-order chi connectivity index (χ0) is 20.7. The first kappa shape index (κ1) is 21.0. The fourth-order valence-electron chi connectivity index (χ4n) is 2.40. The average Bonchev–Trinajstić information content (AvgIpc) is 2.71. The lowest BCUT2D eigenvalue weighted by Gasteiger charge is -2.14. The normalized spacial score (nSPS) is 11.3. The number of hydrogen-bond donors (Lipinski definition) is 1. The van der Waals surface area contributed by atoms with E-state index < -0.39 is 23.8 Å². The van der Waals surface area contributed by atoms with Crippen LogP contribution in [0.15, 0.2) is 36.4 Å². The van der Waals surface area contributed by atoms with Crippen LogP contribution in [0.4, 0.5) is 4.39 Å². The summed E-state index contributed by atoms with van der Waals surface area (Å²) in [6, 6.07) is 8.90. The van der Waals surface area contributed by atoms with Crippen LogP contribution in [0.2, 0.25) is 0 Å². The molecule has 0 radical (unpaired) electrons. The lowest BCUT2D eigenvalue weighted by molar-refractivity contribution is -0.129. The van der Waals surface area contributed by atoms with Gasteiger partial charge >= 0.3 is 5.97 Å². The van der Waals surface area contributed by atoms with Gasteiger partial charge in [-0.05, 0) is 42.8 Å². The van der Waals surface area contributed by atoms with Crippen molar-refractivity contribution in [2.75, 3.05) is 21.3 Å². The van der Waals surface area contributed by atoms with Gasteiger partial charge in [0.2, 0.25) is 0 Å². The van der Waals surface area contributed by atoms with Crippen LogP contribution in [0, 0.1) is 5.82 Å². The molecule has 2 aromatic carbocycles. The molecule has 0 aliphatic rings. The molecule has 0 saturated heterocycles. The zero-order valence-electron chi connectivity index (χ0n) is 16.1. The number of methoxy groups -OCH3 is 3. The average molecular weight is 391 g/mol. The molecule has 0 aliphatic carbocycles. The molecule has 1 atom stereocenters. The van der Waals surface area contributed by atoms with Crippen molar-refractivity contribution in [3.05, 3.63) is 53.3 Å². The number of amides is 1. The Morgan fingerprint density at radius 3 is 2.21 bits per heavy atom. The summed E-state index contributed by atoms with van der Waals surface area (Å²) in [6.45, 7) is 1.64. The minimum absolute atomic E-state index is 0.0114. The summed E-state index contributed by atoms with van der Waals surface area (Å²) in [5, 5.41) is 2.67. The van der Waals surface area contributed by atoms with Gasteiger partial charge < -0.3 is 24.3 Å². The number of benzene rings is 2. The molecular weight excluding hydrogens is 369 g/mol. The summed E-state index contributed by atoms with van der Waals surface area (Å²) in [5.74, 6) is -0.867. The molecule has 1 N–H and O–H groups in total. The molecule has 0 bridgehead atoms. The highest BCUT2D eigenvalue weighted by Crippen LogP contribution is 2.27. The quantitative estimate of drug-likeness (QED) is 0.697. The fourth-order valence-corrected chi connectivity index (χ4v) is 2.40. The smallest absolute Gasteiger partial charge is 0.339 e. The van der Waals surface area contributed by atoms with Crippen LogP contribution in [-0.2, 0) is 16.1 Å². The molecule has 0 saturated carbocycles. The van der Waals surface area contributed by atoms with E-state index in [0.29, 0.717) is 11.5 Å². The van der Waals surface area contributed by atoms with Crippen LogP contribution in [-0.4, -0.2) is 39.3 Å². The molecule has 0 aromatic heterocycles. The molecular formula is C20H22FNO6. The molecule has 0 unspecified atom stereocenters. The second kappa shape index (κ2) is 9.59. The summed E-state index contributed by atoms with van der Waals surface area (Å²) in [7, 11) is 4.37. The molecule has 2 aromatic rings. The van der Waals surface area contributed by atoms with E-state index in [0.717, 1.165) is 11.6 Å². The summed E-state index contributed by atoms with van der Waals surface area (Å²) < 4.78 is 34.0. The topological polar surface area (TPSA) is 83.1 Å². The lowest BCUT2D eigenvalue weighted by atomic mass is 10.2. The van der Waals surface area contributed by atoms with E-state index in [1.54, 1.807) is 18.2 Å². The minimum Gasteiger partial charge on any atom is -0.494 e. The van der Waals surface area contributed by atoms with Crippen molar-refractivity contribution in [1.29, 1.82) is 0 Å². The van der Waals surface area contributed by atoms with Crippen LogP contribution in [0.25, 0.3) is 0 Å². The van der Waals surface area contributed by atoms with Gasteiger partial charge in [0.05, 0.1) is 26.9 Å². The fraction of sp³-hybridized carbons (Fsp3) is 0.300. The number of esters is 1. The molecule has 8 heteroatoms. The highest BCUT2D eigenvalue weighted by atomic mass is 19.1. The van der Waals surface area contributed by atoms with Crippen LogP contribution in [0.5, 0.6) is 17.2 Å². The van der Waals surface area contributed by atoms with Gasteiger partial charge in [0, 0.05) is 6.54 Å². The molecule has 2 rings (SSSR count). The van der Waals surface area contributed by atoms with Crippen molar-refractivity contribution in [2.45, 2.75) is 19.6 Å². The Balaban J connectivity index is 1.94. The van der Waals surface area contributed by atoms with E-state index in [1.807, 2.05) is 0 Å². The highest BCUT2D eigenvalue weighted by molar-refractivity contribution is 5.92. The number of hydrogen-bond acceptors (Lipinski definition) is 6. The number of rotatable bonds is 8. The summed E-state index contributed by atoms with van der Waals surface area (Å²) in [4.78, 5) is 24.3. The first-order valence-corrected chi connectivity index (χ1v) is 8.42. The third kappa shape index (κ3) is 5.12. The third-order valence-corrected chi connectivity index (χ3v) is 3.96. The summed E-state index contributed by atoms with van der Waals surface area (Å²) >= 11 is 0. The molecule has 150 valence electrons. The molecule has 0 aliphatic heterocycles. The van der Waals surface area contributed by atoms with E-state index in [9.17, 15) is 14.0 Å². The Labute approximate surface area is 162 Å². The van der Waals surface area contributed by atoms with E-state index in [1.165, 1.54) is 40.4 Å². The largest absolute Gasteiger partial charge is 0.494 e. The second-order valence-corrected chi connectivity index (χ2v) is 5.80. The van der Waals surface area contributed by atoms with Crippen LogP contribution < -0.4 is 19.5 Å². The maximum absolute atomic E-state index is 13.7. The van der Waals surface area contributed by atoms with Crippen LogP contribution >= 0.6 is 0 Å². The van der Waals surface area contributed by atoms with Crippen molar-refractivity contribution < 1.29 is 32.9 Å². The first-order chi connectivity index (χ1) is 13.4. The third-order valence-electron chi connectivity index (χ3n) is 3.96. The van der Waals surface area contributed by atoms with Gasteiger partial charge in [-0.25, -0.2) is 9.18 Å². The molecule has 0 heterocycles. The zero-order valence-corrected chi connectivity index (χ0v) is 16.1. The van der Waals surface area contributed by atoms with E-state index in [4.69, 9.17) is 18.9 Å². The number of halogens is 1. The summed E-state index contributed by atoms with van der Waals surface area (Å²) in [6.07, 6.45) is -1.06. The number of carbonyl (C=O) groups is 2. The Bertz CT molecular complexity index is 855.